The third kappa shape index (κ3) is 7.75. The number of aliphatic carboxylic acids is 2. The Balaban J connectivity index is 1.97. The highest BCUT2D eigenvalue weighted by atomic mass is 16.5. The van der Waals surface area contributed by atoms with Gasteiger partial charge in [0.15, 0.2) is 5.92 Å². The number of hydrogen-bond donors (Lipinski definition) is 4. The molecular formula is C23H26N2O7. The lowest BCUT2D eigenvalue weighted by atomic mass is 9.84. The van der Waals surface area contributed by atoms with Gasteiger partial charge in [-0.2, -0.15) is 0 Å². The summed E-state index contributed by atoms with van der Waals surface area (Å²) in [6, 6.07) is 17.2. The van der Waals surface area contributed by atoms with Crippen molar-refractivity contribution in [2.24, 2.45) is 11.8 Å². The Bertz CT molecular complexity index is 904. The SMILES string of the molecule is CC(C(Cc1ccccc1)NC(=O)CNC(=O)OCc1ccccc1)C(C(=O)O)C(=O)O. The summed E-state index contributed by atoms with van der Waals surface area (Å²) in [6.07, 6.45) is -0.561. The molecule has 0 aromatic heterocycles. The standard InChI is InChI=1S/C23H26N2O7/c1-15(20(21(27)28)22(29)30)18(12-16-8-4-2-5-9-16)25-19(26)13-24-23(31)32-14-17-10-6-3-7-11-17/h2-11,15,18,20H,12-14H2,1H3,(H,24,31)(H,25,26)(H,27,28)(H,29,30). The summed E-state index contributed by atoms with van der Waals surface area (Å²) in [4.78, 5) is 47.2. The van der Waals surface area contributed by atoms with Gasteiger partial charge in [0.05, 0.1) is 0 Å². The number of alkyl carbamates (subject to hydrolysis) is 1. The summed E-state index contributed by atoms with van der Waals surface area (Å²) in [5, 5.41) is 23.6. The third-order valence-electron chi connectivity index (χ3n) is 4.94. The molecule has 0 spiro atoms. The van der Waals surface area contributed by atoms with Gasteiger partial charge in [-0.1, -0.05) is 67.6 Å². The lowest BCUT2D eigenvalue weighted by Gasteiger charge is -2.28. The van der Waals surface area contributed by atoms with Crippen LogP contribution in [0.5, 0.6) is 0 Å². The number of amides is 2. The normalized spacial score (nSPS) is 12.4. The number of rotatable bonds is 11. The van der Waals surface area contributed by atoms with Gasteiger partial charge in [-0.3, -0.25) is 14.4 Å². The molecule has 0 aliphatic rings. The van der Waals surface area contributed by atoms with E-state index < -0.39 is 48.4 Å². The lowest BCUT2D eigenvalue weighted by molar-refractivity contribution is -0.157. The third-order valence-corrected chi connectivity index (χ3v) is 4.94. The van der Waals surface area contributed by atoms with E-state index in [4.69, 9.17) is 4.74 Å². The molecule has 4 N–H and O–H groups in total. The van der Waals surface area contributed by atoms with Gasteiger partial charge < -0.3 is 25.6 Å². The quantitative estimate of drug-likeness (QED) is 0.390. The predicted octanol–water partition coefficient (Wildman–Crippen LogP) is 2.06. The molecule has 2 amide bonds. The highest BCUT2D eigenvalue weighted by Crippen LogP contribution is 2.20. The summed E-state index contributed by atoms with van der Waals surface area (Å²) >= 11 is 0. The van der Waals surface area contributed by atoms with Crippen molar-refractivity contribution in [1.82, 2.24) is 10.6 Å². The van der Waals surface area contributed by atoms with Gasteiger partial charge in [0.2, 0.25) is 5.91 Å². The first-order chi connectivity index (χ1) is 15.3. The van der Waals surface area contributed by atoms with Crippen LogP contribution in [0.4, 0.5) is 4.79 Å². The molecule has 2 unspecified atom stereocenters. The van der Waals surface area contributed by atoms with Gasteiger partial charge in [0.25, 0.3) is 0 Å². The van der Waals surface area contributed by atoms with Crippen molar-refractivity contribution in [2.75, 3.05) is 6.54 Å². The van der Waals surface area contributed by atoms with Crippen LogP contribution in [0.2, 0.25) is 0 Å². The van der Waals surface area contributed by atoms with E-state index in [1.807, 2.05) is 12.1 Å². The largest absolute Gasteiger partial charge is 0.481 e. The molecule has 0 fully saturated rings. The molecular weight excluding hydrogens is 416 g/mol. The van der Waals surface area contributed by atoms with Crippen molar-refractivity contribution in [2.45, 2.75) is 26.0 Å². The number of carboxylic acid groups (broad SMARTS) is 2. The average Bonchev–Trinajstić information content (AvgIpc) is 2.76. The van der Waals surface area contributed by atoms with E-state index in [0.717, 1.165) is 11.1 Å². The van der Waals surface area contributed by atoms with Crippen LogP contribution in [0.1, 0.15) is 18.1 Å². The second kappa shape index (κ2) is 12.1. The number of ether oxygens (including phenoxy) is 1. The average molecular weight is 442 g/mol. The maximum Gasteiger partial charge on any atom is 0.407 e. The summed E-state index contributed by atoms with van der Waals surface area (Å²) < 4.78 is 5.04. The number of nitrogens with one attached hydrogen (secondary N) is 2. The molecule has 0 aliphatic carbocycles. The second-order valence-corrected chi connectivity index (χ2v) is 7.29. The van der Waals surface area contributed by atoms with Crippen LogP contribution in [-0.2, 0) is 32.1 Å². The number of benzene rings is 2. The van der Waals surface area contributed by atoms with Gasteiger partial charge in [-0.25, -0.2) is 4.79 Å². The zero-order chi connectivity index (χ0) is 23.5. The van der Waals surface area contributed by atoms with Crippen molar-refractivity contribution in [3.05, 3.63) is 71.8 Å². The fourth-order valence-corrected chi connectivity index (χ4v) is 3.21. The predicted molar refractivity (Wildman–Crippen MR) is 115 cm³/mol. The number of hydrogen-bond acceptors (Lipinski definition) is 5. The summed E-state index contributed by atoms with van der Waals surface area (Å²) in [6.45, 7) is 1.10. The smallest absolute Gasteiger partial charge is 0.407 e. The molecule has 170 valence electrons. The van der Waals surface area contributed by atoms with Crippen molar-refractivity contribution in [3.63, 3.8) is 0 Å². The van der Waals surface area contributed by atoms with Crippen molar-refractivity contribution in [3.8, 4) is 0 Å². The molecule has 2 rings (SSSR count). The van der Waals surface area contributed by atoms with Crippen molar-refractivity contribution >= 4 is 23.9 Å². The van der Waals surface area contributed by atoms with Crippen LogP contribution in [0.3, 0.4) is 0 Å². The van der Waals surface area contributed by atoms with Gasteiger partial charge >= 0.3 is 18.0 Å². The molecule has 0 heterocycles. The number of carbonyl (C=O) groups excluding carboxylic acids is 2. The highest BCUT2D eigenvalue weighted by Gasteiger charge is 2.37. The Morgan fingerprint density at radius 1 is 0.875 bits per heavy atom. The second-order valence-electron chi connectivity index (χ2n) is 7.29. The fraction of sp³-hybridized carbons (Fsp3) is 0.304. The minimum Gasteiger partial charge on any atom is -0.481 e. The first-order valence-electron chi connectivity index (χ1n) is 10.0. The first-order valence-corrected chi connectivity index (χ1v) is 10.0. The first kappa shape index (κ1) is 24.4. The maximum absolute atomic E-state index is 12.4. The van der Waals surface area contributed by atoms with Gasteiger partial charge in [0.1, 0.15) is 13.2 Å². The maximum atomic E-state index is 12.4. The molecule has 0 aliphatic heterocycles. The summed E-state index contributed by atoms with van der Waals surface area (Å²) in [5.41, 5.74) is 1.59. The zero-order valence-electron chi connectivity index (χ0n) is 17.6. The Morgan fingerprint density at radius 2 is 1.41 bits per heavy atom. The van der Waals surface area contributed by atoms with E-state index >= 15 is 0 Å². The van der Waals surface area contributed by atoms with Crippen LogP contribution in [0.25, 0.3) is 0 Å². The van der Waals surface area contributed by atoms with E-state index in [0.29, 0.717) is 0 Å². The Labute approximate surface area is 185 Å². The molecule has 32 heavy (non-hydrogen) atoms. The zero-order valence-corrected chi connectivity index (χ0v) is 17.6. The molecule has 9 heteroatoms. The van der Waals surface area contributed by atoms with Crippen LogP contribution >= 0.6 is 0 Å². The van der Waals surface area contributed by atoms with E-state index in [-0.39, 0.29) is 13.0 Å². The molecule has 2 atom stereocenters. The Hall–Kier alpha value is -3.88. The molecule has 2 aromatic rings. The molecule has 0 bridgehead atoms. The monoisotopic (exact) mass is 442 g/mol. The minimum absolute atomic E-state index is 0.0425. The van der Waals surface area contributed by atoms with Gasteiger partial charge in [0, 0.05) is 12.0 Å². The van der Waals surface area contributed by atoms with E-state index in [9.17, 15) is 29.4 Å². The van der Waals surface area contributed by atoms with E-state index in [1.165, 1.54) is 6.92 Å². The molecule has 0 saturated carbocycles. The van der Waals surface area contributed by atoms with Gasteiger partial charge in [-0.05, 0) is 17.5 Å². The Kier molecular flexibility index (Phi) is 9.22. The van der Waals surface area contributed by atoms with Crippen molar-refractivity contribution in [1.29, 1.82) is 0 Å². The molecule has 0 saturated heterocycles. The van der Waals surface area contributed by atoms with E-state index in [2.05, 4.69) is 10.6 Å². The number of carbonyl (C=O) groups is 4. The van der Waals surface area contributed by atoms with Gasteiger partial charge in [-0.15, -0.1) is 0 Å². The van der Waals surface area contributed by atoms with E-state index in [1.54, 1.807) is 48.5 Å². The molecule has 9 nitrogen and oxygen atoms in total. The summed E-state index contributed by atoms with van der Waals surface area (Å²) in [5.74, 6) is -6.18. The van der Waals surface area contributed by atoms with Crippen LogP contribution in [0.15, 0.2) is 60.7 Å². The molecule has 2 aromatic carbocycles. The van der Waals surface area contributed by atoms with Crippen LogP contribution < -0.4 is 10.6 Å². The van der Waals surface area contributed by atoms with Crippen LogP contribution in [0, 0.1) is 11.8 Å². The Morgan fingerprint density at radius 3 is 1.94 bits per heavy atom. The fourth-order valence-electron chi connectivity index (χ4n) is 3.21. The topological polar surface area (TPSA) is 142 Å². The minimum atomic E-state index is -1.70. The van der Waals surface area contributed by atoms with Crippen LogP contribution in [-0.4, -0.2) is 46.7 Å². The lowest BCUT2D eigenvalue weighted by Crippen LogP contribution is -2.49. The highest BCUT2D eigenvalue weighted by molar-refractivity contribution is 5.93. The number of carboxylic acids is 2. The summed E-state index contributed by atoms with van der Waals surface area (Å²) in [7, 11) is 0. The van der Waals surface area contributed by atoms with Crippen molar-refractivity contribution < 1.29 is 34.1 Å². The molecule has 0 radical (unpaired) electrons.